The Hall–Kier alpha value is -0.970. The molecule has 1 aliphatic carbocycles. The normalized spacial score (nSPS) is 19.7. The van der Waals surface area contributed by atoms with Crippen LogP contribution in [0.1, 0.15) is 46.5 Å². The van der Waals surface area contributed by atoms with Gasteiger partial charge in [0.05, 0.1) is 6.61 Å². The smallest absolute Gasteiger partial charge is 0.197 e. The molecule has 0 amide bonds. The largest absolute Gasteiger partial charge is 0.487 e. The van der Waals surface area contributed by atoms with Crippen LogP contribution in [0.15, 0.2) is 0 Å². The van der Waals surface area contributed by atoms with Gasteiger partial charge in [0, 0.05) is 6.04 Å². The Labute approximate surface area is 113 Å². The van der Waals surface area contributed by atoms with Crippen LogP contribution in [0.3, 0.4) is 0 Å². The minimum atomic E-state index is 0.494. The lowest BCUT2D eigenvalue weighted by Crippen LogP contribution is -2.29. The third-order valence-electron chi connectivity index (χ3n) is 3.64. The fourth-order valence-corrected chi connectivity index (χ4v) is 3.14. The zero-order valence-electron chi connectivity index (χ0n) is 11.5. The molecule has 0 bridgehead atoms. The van der Waals surface area contributed by atoms with Crippen molar-refractivity contribution in [2.24, 2.45) is 5.41 Å². The standard InChI is InChI=1S/C13H23N3OS/c1-4-17-10-11(14)16-18-12(10)15-9-5-7-13(2,3)8-6-9/h9,15H,4-8H2,1-3H3,(H2,14,16). The third kappa shape index (κ3) is 3.07. The molecule has 4 nitrogen and oxygen atoms in total. The number of hydrogen-bond donors (Lipinski definition) is 2. The number of anilines is 2. The van der Waals surface area contributed by atoms with Crippen LogP contribution < -0.4 is 15.8 Å². The molecule has 0 aromatic carbocycles. The lowest BCUT2D eigenvalue weighted by Gasteiger charge is -2.34. The van der Waals surface area contributed by atoms with Crippen molar-refractivity contribution in [3.05, 3.63) is 0 Å². The van der Waals surface area contributed by atoms with E-state index in [9.17, 15) is 0 Å². The second kappa shape index (κ2) is 5.34. The predicted molar refractivity (Wildman–Crippen MR) is 77.4 cm³/mol. The van der Waals surface area contributed by atoms with E-state index in [4.69, 9.17) is 10.5 Å². The summed E-state index contributed by atoms with van der Waals surface area (Å²) < 4.78 is 9.71. The molecule has 0 radical (unpaired) electrons. The molecule has 2 rings (SSSR count). The van der Waals surface area contributed by atoms with E-state index in [1.165, 1.54) is 37.2 Å². The Morgan fingerprint density at radius 1 is 1.44 bits per heavy atom. The number of nitrogens with zero attached hydrogens (tertiary/aromatic N) is 1. The molecule has 1 aromatic rings. The van der Waals surface area contributed by atoms with E-state index >= 15 is 0 Å². The Kier molecular flexibility index (Phi) is 4.00. The summed E-state index contributed by atoms with van der Waals surface area (Å²) >= 11 is 1.40. The molecular weight excluding hydrogens is 246 g/mol. The summed E-state index contributed by atoms with van der Waals surface area (Å²) in [6.45, 7) is 7.28. The SMILES string of the molecule is CCOc1c(N)nsc1NC1CCC(C)(C)CC1. The van der Waals surface area contributed by atoms with Gasteiger partial charge in [0.1, 0.15) is 0 Å². The van der Waals surface area contributed by atoms with Gasteiger partial charge >= 0.3 is 0 Å². The summed E-state index contributed by atoms with van der Waals surface area (Å²) in [7, 11) is 0. The molecular formula is C13H23N3OS. The highest BCUT2D eigenvalue weighted by molar-refractivity contribution is 7.11. The zero-order chi connectivity index (χ0) is 13.2. The number of aromatic nitrogens is 1. The number of hydrogen-bond acceptors (Lipinski definition) is 5. The average Bonchev–Trinajstić information content (AvgIpc) is 2.65. The van der Waals surface area contributed by atoms with E-state index in [-0.39, 0.29) is 0 Å². The van der Waals surface area contributed by atoms with Crippen LogP contribution in [0.5, 0.6) is 5.75 Å². The van der Waals surface area contributed by atoms with Crippen molar-refractivity contribution < 1.29 is 4.74 Å². The van der Waals surface area contributed by atoms with E-state index in [0.717, 1.165) is 10.8 Å². The average molecular weight is 269 g/mol. The van der Waals surface area contributed by atoms with Gasteiger partial charge in [-0.1, -0.05) is 13.8 Å². The Morgan fingerprint density at radius 3 is 2.72 bits per heavy atom. The molecule has 102 valence electrons. The van der Waals surface area contributed by atoms with Crippen LogP contribution in [0, 0.1) is 5.41 Å². The number of rotatable bonds is 4. The lowest BCUT2D eigenvalue weighted by atomic mass is 9.75. The van der Waals surface area contributed by atoms with Crippen LogP contribution in [0.4, 0.5) is 10.8 Å². The van der Waals surface area contributed by atoms with Crippen LogP contribution in [0.2, 0.25) is 0 Å². The first-order valence-electron chi connectivity index (χ1n) is 6.66. The van der Waals surface area contributed by atoms with Crippen LogP contribution in [-0.4, -0.2) is 17.0 Å². The van der Waals surface area contributed by atoms with Crippen molar-refractivity contribution in [3.8, 4) is 5.75 Å². The van der Waals surface area contributed by atoms with Gasteiger partial charge in [-0.25, -0.2) is 0 Å². The van der Waals surface area contributed by atoms with Gasteiger partial charge < -0.3 is 15.8 Å². The molecule has 5 heteroatoms. The van der Waals surface area contributed by atoms with Crippen molar-refractivity contribution in [1.82, 2.24) is 4.37 Å². The number of nitrogens with two attached hydrogens (primary N) is 1. The molecule has 3 N–H and O–H groups in total. The Balaban J connectivity index is 1.98. The first-order valence-corrected chi connectivity index (χ1v) is 7.43. The highest BCUT2D eigenvalue weighted by Crippen LogP contribution is 2.40. The fourth-order valence-electron chi connectivity index (χ4n) is 2.40. The highest BCUT2D eigenvalue weighted by atomic mass is 32.1. The second-order valence-corrected chi connectivity index (χ2v) is 6.52. The molecule has 1 heterocycles. The molecule has 1 aromatic heterocycles. The fraction of sp³-hybridized carbons (Fsp3) is 0.769. The quantitative estimate of drug-likeness (QED) is 0.878. The summed E-state index contributed by atoms with van der Waals surface area (Å²) in [5, 5.41) is 4.53. The molecule has 18 heavy (non-hydrogen) atoms. The molecule has 0 unspecified atom stereocenters. The Morgan fingerprint density at radius 2 is 2.11 bits per heavy atom. The minimum Gasteiger partial charge on any atom is -0.487 e. The van der Waals surface area contributed by atoms with E-state index in [2.05, 4.69) is 23.5 Å². The first-order chi connectivity index (χ1) is 8.52. The maximum absolute atomic E-state index is 5.81. The van der Waals surface area contributed by atoms with E-state index in [1.807, 2.05) is 6.92 Å². The summed E-state index contributed by atoms with van der Waals surface area (Å²) in [5.41, 5.74) is 6.30. The van der Waals surface area contributed by atoms with E-state index in [0.29, 0.717) is 23.9 Å². The predicted octanol–water partition coefficient (Wildman–Crippen LogP) is 3.50. The molecule has 0 saturated heterocycles. The molecule has 1 fully saturated rings. The Bertz CT molecular complexity index is 393. The molecule has 0 aliphatic heterocycles. The highest BCUT2D eigenvalue weighted by Gasteiger charge is 2.27. The molecule has 0 atom stereocenters. The molecule has 0 spiro atoms. The van der Waals surface area contributed by atoms with Gasteiger partial charge in [0.15, 0.2) is 16.6 Å². The maximum atomic E-state index is 5.81. The van der Waals surface area contributed by atoms with E-state index < -0.39 is 0 Å². The summed E-state index contributed by atoms with van der Waals surface area (Å²) in [6.07, 6.45) is 4.94. The van der Waals surface area contributed by atoms with Gasteiger partial charge in [0.2, 0.25) is 0 Å². The van der Waals surface area contributed by atoms with Gasteiger partial charge in [-0.3, -0.25) is 0 Å². The summed E-state index contributed by atoms with van der Waals surface area (Å²) in [6, 6.07) is 0.525. The van der Waals surface area contributed by atoms with Gasteiger partial charge in [0.25, 0.3) is 0 Å². The topological polar surface area (TPSA) is 60.2 Å². The first kappa shape index (κ1) is 13.5. The third-order valence-corrected chi connectivity index (χ3v) is 4.41. The van der Waals surface area contributed by atoms with Crippen LogP contribution in [-0.2, 0) is 0 Å². The van der Waals surface area contributed by atoms with E-state index in [1.54, 1.807) is 0 Å². The van der Waals surface area contributed by atoms with Crippen LogP contribution in [0.25, 0.3) is 0 Å². The zero-order valence-corrected chi connectivity index (χ0v) is 12.3. The van der Waals surface area contributed by atoms with Crippen molar-refractivity contribution in [1.29, 1.82) is 0 Å². The van der Waals surface area contributed by atoms with Gasteiger partial charge in [-0.15, -0.1) is 0 Å². The number of ether oxygens (including phenoxy) is 1. The van der Waals surface area contributed by atoms with Crippen molar-refractivity contribution in [2.45, 2.75) is 52.5 Å². The maximum Gasteiger partial charge on any atom is 0.197 e. The lowest BCUT2D eigenvalue weighted by molar-refractivity contribution is 0.232. The van der Waals surface area contributed by atoms with Crippen molar-refractivity contribution in [2.75, 3.05) is 17.7 Å². The number of nitrogens with one attached hydrogen (secondary N) is 1. The van der Waals surface area contributed by atoms with Crippen molar-refractivity contribution in [3.63, 3.8) is 0 Å². The summed E-state index contributed by atoms with van der Waals surface area (Å²) in [4.78, 5) is 0. The number of nitrogen functional groups attached to an aromatic ring is 1. The van der Waals surface area contributed by atoms with Gasteiger partial charge in [-0.05, 0) is 49.6 Å². The monoisotopic (exact) mass is 269 g/mol. The van der Waals surface area contributed by atoms with Gasteiger partial charge in [-0.2, -0.15) is 4.37 Å². The van der Waals surface area contributed by atoms with Crippen LogP contribution >= 0.6 is 11.5 Å². The second-order valence-electron chi connectivity index (χ2n) is 5.74. The summed E-state index contributed by atoms with van der Waals surface area (Å²) in [5.74, 6) is 1.23. The molecule has 1 aliphatic rings. The minimum absolute atomic E-state index is 0.494. The molecule has 1 saturated carbocycles. The van der Waals surface area contributed by atoms with Crippen molar-refractivity contribution >= 4 is 22.4 Å².